The summed E-state index contributed by atoms with van der Waals surface area (Å²) in [5.41, 5.74) is 0.545. The fraction of sp³-hybridized carbons (Fsp3) is 0.273. The summed E-state index contributed by atoms with van der Waals surface area (Å²) < 4.78 is 0.841. The highest BCUT2D eigenvalue weighted by molar-refractivity contribution is 9.10. The Morgan fingerprint density at radius 2 is 2.28 bits per heavy atom. The van der Waals surface area contributed by atoms with Crippen LogP contribution in [-0.2, 0) is 9.59 Å². The van der Waals surface area contributed by atoms with E-state index in [9.17, 15) is 9.59 Å². The van der Waals surface area contributed by atoms with Gasteiger partial charge in [0, 0.05) is 11.0 Å². The maximum atomic E-state index is 11.9. The molecule has 1 aliphatic heterocycles. The fourth-order valence-electron chi connectivity index (χ4n) is 1.56. The molecule has 1 aromatic rings. The molecule has 5 nitrogen and oxygen atoms in total. The van der Waals surface area contributed by atoms with Crippen LogP contribution in [0.3, 0.4) is 0 Å². The van der Waals surface area contributed by atoms with Crippen molar-refractivity contribution in [2.45, 2.75) is 6.04 Å². The van der Waals surface area contributed by atoms with Gasteiger partial charge in [0.2, 0.25) is 11.8 Å². The fourth-order valence-corrected chi connectivity index (χ4v) is 2.28. The van der Waals surface area contributed by atoms with Crippen molar-refractivity contribution < 1.29 is 9.59 Å². The van der Waals surface area contributed by atoms with Crippen molar-refractivity contribution >= 4 is 45.0 Å². The van der Waals surface area contributed by atoms with E-state index in [-0.39, 0.29) is 24.9 Å². The van der Waals surface area contributed by atoms with Gasteiger partial charge in [-0.15, -0.1) is 0 Å². The number of hydrogen-bond acceptors (Lipinski definition) is 3. The molecule has 0 aliphatic carbocycles. The molecule has 0 aromatic heterocycles. The molecule has 1 heterocycles. The van der Waals surface area contributed by atoms with Crippen LogP contribution in [0.15, 0.2) is 22.7 Å². The van der Waals surface area contributed by atoms with Gasteiger partial charge in [-0.05, 0) is 18.2 Å². The van der Waals surface area contributed by atoms with Gasteiger partial charge in [0.1, 0.15) is 6.04 Å². The summed E-state index contributed by atoms with van der Waals surface area (Å²) in [5, 5.41) is 8.64. The predicted molar refractivity (Wildman–Crippen MR) is 72.6 cm³/mol. The molecule has 1 aliphatic rings. The SMILES string of the molecule is O=C1CNC(C(=O)Nc2ccc(Br)cc2Cl)CN1. The first-order valence-corrected chi connectivity index (χ1v) is 6.49. The van der Waals surface area contributed by atoms with Gasteiger partial charge in [0.25, 0.3) is 0 Å². The van der Waals surface area contributed by atoms with Crippen molar-refractivity contribution in [3.8, 4) is 0 Å². The molecule has 18 heavy (non-hydrogen) atoms. The third-order valence-corrected chi connectivity index (χ3v) is 3.32. The smallest absolute Gasteiger partial charge is 0.243 e. The van der Waals surface area contributed by atoms with E-state index in [2.05, 4.69) is 31.9 Å². The summed E-state index contributed by atoms with van der Waals surface area (Å²) in [6.45, 7) is 0.422. The zero-order chi connectivity index (χ0) is 13.1. The van der Waals surface area contributed by atoms with Crippen LogP contribution in [0.5, 0.6) is 0 Å². The lowest BCUT2D eigenvalue weighted by Crippen LogP contribution is -2.56. The summed E-state index contributed by atoms with van der Waals surface area (Å²) in [6.07, 6.45) is 0. The third kappa shape index (κ3) is 3.22. The minimum atomic E-state index is -0.442. The van der Waals surface area contributed by atoms with Gasteiger partial charge in [-0.2, -0.15) is 0 Å². The first-order chi connectivity index (χ1) is 8.56. The second kappa shape index (κ2) is 5.69. The molecule has 1 saturated heterocycles. The number of rotatable bonds is 2. The monoisotopic (exact) mass is 331 g/mol. The highest BCUT2D eigenvalue weighted by atomic mass is 79.9. The molecule has 0 radical (unpaired) electrons. The molecular formula is C11H11BrClN3O2. The van der Waals surface area contributed by atoms with Crippen LogP contribution in [0.1, 0.15) is 0 Å². The molecule has 1 atom stereocenters. The summed E-state index contributed by atoms with van der Waals surface area (Å²) in [4.78, 5) is 22.9. The lowest BCUT2D eigenvalue weighted by atomic mass is 10.2. The van der Waals surface area contributed by atoms with Crippen LogP contribution in [0.2, 0.25) is 5.02 Å². The van der Waals surface area contributed by atoms with Gasteiger partial charge < -0.3 is 10.6 Å². The van der Waals surface area contributed by atoms with Crippen molar-refractivity contribution in [3.05, 3.63) is 27.7 Å². The molecule has 3 N–H and O–H groups in total. The van der Waals surface area contributed by atoms with E-state index in [0.717, 1.165) is 4.47 Å². The van der Waals surface area contributed by atoms with Crippen LogP contribution >= 0.6 is 27.5 Å². The summed E-state index contributed by atoms with van der Waals surface area (Å²) in [5.74, 6) is -0.333. The Hall–Kier alpha value is -1.11. The van der Waals surface area contributed by atoms with Crippen LogP contribution in [0.4, 0.5) is 5.69 Å². The van der Waals surface area contributed by atoms with Gasteiger partial charge in [-0.3, -0.25) is 14.9 Å². The Labute approximate surface area is 117 Å². The largest absolute Gasteiger partial charge is 0.353 e. The second-order valence-corrected chi connectivity index (χ2v) is 5.17. The third-order valence-electron chi connectivity index (χ3n) is 2.52. The Kier molecular flexibility index (Phi) is 4.21. The average molecular weight is 333 g/mol. The van der Waals surface area contributed by atoms with Crippen LogP contribution in [-0.4, -0.2) is 30.9 Å². The van der Waals surface area contributed by atoms with E-state index >= 15 is 0 Å². The van der Waals surface area contributed by atoms with Gasteiger partial charge in [-0.25, -0.2) is 0 Å². The summed E-state index contributed by atoms with van der Waals surface area (Å²) in [7, 11) is 0. The molecule has 2 rings (SSSR count). The number of carbonyl (C=O) groups excluding carboxylic acids is 2. The first-order valence-electron chi connectivity index (χ1n) is 5.32. The zero-order valence-corrected chi connectivity index (χ0v) is 11.6. The van der Waals surface area contributed by atoms with E-state index in [1.165, 1.54) is 0 Å². The number of amides is 2. The molecule has 7 heteroatoms. The maximum Gasteiger partial charge on any atom is 0.243 e. The first kappa shape index (κ1) is 13.3. The van der Waals surface area contributed by atoms with Gasteiger partial charge in [-0.1, -0.05) is 27.5 Å². The molecule has 0 spiro atoms. The van der Waals surface area contributed by atoms with Crippen LogP contribution < -0.4 is 16.0 Å². The van der Waals surface area contributed by atoms with Crippen molar-refractivity contribution in [1.29, 1.82) is 0 Å². The Balaban J connectivity index is 2.00. The predicted octanol–water partition coefficient (Wildman–Crippen LogP) is 1.13. The van der Waals surface area contributed by atoms with Crippen LogP contribution in [0, 0.1) is 0 Å². The van der Waals surface area contributed by atoms with Crippen molar-refractivity contribution in [3.63, 3.8) is 0 Å². The summed E-state index contributed by atoms with van der Waals surface area (Å²) in [6, 6.07) is 4.76. The van der Waals surface area contributed by atoms with Crippen molar-refractivity contribution in [2.24, 2.45) is 0 Å². The van der Waals surface area contributed by atoms with E-state index in [0.29, 0.717) is 10.7 Å². The molecule has 0 bridgehead atoms. The van der Waals surface area contributed by atoms with Crippen LogP contribution in [0.25, 0.3) is 0 Å². The van der Waals surface area contributed by atoms with E-state index < -0.39 is 6.04 Å². The second-order valence-electron chi connectivity index (χ2n) is 3.85. The normalized spacial score (nSPS) is 19.2. The minimum Gasteiger partial charge on any atom is -0.353 e. The average Bonchev–Trinajstić information content (AvgIpc) is 2.33. The zero-order valence-electron chi connectivity index (χ0n) is 9.30. The molecule has 0 saturated carbocycles. The number of piperazine rings is 1. The van der Waals surface area contributed by atoms with Crippen molar-refractivity contribution in [1.82, 2.24) is 10.6 Å². The minimum absolute atomic E-state index is 0.110. The highest BCUT2D eigenvalue weighted by Crippen LogP contribution is 2.25. The topological polar surface area (TPSA) is 70.2 Å². The quantitative estimate of drug-likeness (QED) is 0.760. The number of benzene rings is 1. The Morgan fingerprint density at radius 1 is 1.50 bits per heavy atom. The molecule has 2 amide bonds. The van der Waals surface area contributed by atoms with E-state index in [1.54, 1.807) is 18.2 Å². The molecule has 1 aromatic carbocycles. The number of hydrogen-bond donors (Lipinski definition) is 3. The Bertz CT molecular complexity index is 485. The lowest BCUT2D eigenvalue weighted by Gasteiger charge is -2.23. The van der Waals surface area contributed by atoms with Gasteiger partial charge in [0.05, 0.1) is 17.3 Å². The number of nitrogens with one attached hydrogen (secondary N) is 3. The van der Waals surface area contributed by atoms with Gasteiger partial charge in [0.15, 0.2) is 0 Å². The number of halogens is 2. The number of carbonyl (C=O) groups is 2. The number of anilines is 1. The molecule has 1 fully saturated rings. The standard InChI is InChI=1S/C11H11BrClN3O2/c12-6-1-2-8(7(13)3-6)16-11(18)9-4-15-10(17)5-14-9/h1-3,9,14H,4-5H2,(H,15,17)(H,16,18). The molecule has 96 valence electrons. The van der Waals surface area contributed by atoms with E-state index in [4.69, 9.17) is 11.6 Å². The molecular weight excluding hydrogens is 321 g/mol. The van der Waals surface area contributed by atoms with Crippen molar-refractivity contribution in [2.75, 3.05) is 18.4 Å². The Morgan fingerprint density at radius 3 is 2.89 bits per heavy atom. The molecule has 1 unspecified atom stereocenters. The lowest BCUT2D eigenvalue weighted by molar-refractivity contribution is -0.124. The van der Waals surface area contributed by atoms with Gasteiger partial charge >= 0.3 is 0 Å². The highest BCUT2D eigenvalue weighted by Gasteiger charge is 2.24. The van der Waals surface area contributed by atoms with E-state index in [1.807, 2.05) is 0 Å². The summed E-state index contributed by atoms with van der Waals surface area (Å²) >= 11 is 9.29. The maximum absolute atomic E-state index is 11.9.